The summed E-state index contributed by atoms with van der Waals surface area (Å²) in [5, 5.41) is 3.49. The molecule has 2 aromatic carbocycles. The van der Waals surface area contributed by atoms with Crippen LogP contribution in [0.5, 0.6) is 0 Å². The molecular formula is C20H18N2O5. The summed E-state index contributed by atoms with van der Waals surface area (Å²) in [5.74, 6) is -1.16. The van der Waals surface area contributed by atoms with Gasteiger partial charge in [0.15, 0.2) is 0 Å². The first-order chi connectivity index (χ1) is 13.0. The van der Waals surface area contributed by atoms with E-state index >= 15 is 0 Å². The lowest BCUT2D eigenvalue weighted by atomic mass is 10.2. The number of carbonyl (C=O) groups excluding carboxylic acids is 3. The molecule has 0 aliphatic carbocycles. The van der Waals surface area contributed by atoms with Gasteiger partial charge in [-0.2, -0.15) is 0 Å². The van der Waals surface area contributed by atoms with Crippen molar-refractivity contribution in [3.63, 3.8) is 0 Å². The number of hydrogen-bond acceptors (Lipinski definition) is 5. The highest BCUT2D eigenvalue weighted by Gasteiger charge is 2.16. The van der Waals surface area contributed by atoms with Crippen LogP contribution in [0.25, 0.3) is 10.9 Å². The van der Waals surface area contributed by atoms with Crippen LogP contribution in [0, 0.1) is 0 Å². The van der Waals surface area contributed by atoms with Gasteiger partial charge in [-0.25, -0.2) is 9.59 Å². The van der Waals surface area contributed by atoms with Gasteiger partial charge in [0.2, 0.25) is 5.91 Å². The Morgan fingerprint density at radius 1 is 0.926 bits per heavy atom. The van der Waals surface area contributed by atoms with Crippen molar-refractivity contribution >= 4 is 34.4 Å². The summed E-state index contributed by atoms with van der Waals surface area (Å²) >= 11 is 0. The first-order valence-electron chi connectivity index (χ1n) is 8.18. The molecule has 0 saturated carbocycles. The van der Waals surface area contributed by atoms with Crippen molar-refractivity contribution in [3.05, 3.63) is 65.9 Å². The van der Waals surface area contributed by atoms with Crippen molar-refractivity contribution in [1.82, 2.24) is 4.57 Å². The topological polar surface area (TPSA) is 86.6 Å². The second-order valence-corrected chi connectivity index (χ2v) is 5.80. The molecule has 1 N–H and O–H groups in total. The van der Waals surface area contributed by atoms with E-state index in [4.69, 9.17) is 4.74 Å². The molecule has 3 aromatic rings. The molecule has 0 aliphatic rings. The van der Waals surface area contributed by atoms with Gasteiger partial charge in [-0.3, -0.25) is 4.79 Å². The van der Waals surface area contributed by atoms with E-state index in [9.17, 15) is 14.4 Å². The number of methoxy groups -OCH3 is 2. The highest BCUT2D eigenvalue weighted by atomic mass is 16.5. The molecule has 0 fully saturated rings. The average molecular weight is 366 g/mol. The molecule has 1 heterocycles. The molecule has 0 bridgehead atoms. The molecule has 138 valence electrons. The Balaban J connectivity index is 1.78. The minimum Gasteiger partial charge on any atom is -0.465 e. The first-order valence-corrected chi connectivity index (χ1v) is 8.18. The molecule has 3 rings (SSSR count). The maximum absolute atomic E-state index is 12.4. The summed E-state index contributed by atoms with van der Waals surface area (Å²) in [5.41, 5.74) is 2.12. The quantitative estimate of drug-likeness (QED) is 0.702. The molecule has 1 aromatic heterocycles. The Hall–Kier alpha value is -3.61. The Bertz CT molecular complexity index is 1000. The SMILES string of the molecule is COC(=O)c1ccc(NC(=O)Cn2cc(C(=O)OC)c3ccccc32)cc1. The highest BCUT2D eigenvalue weighted by molar-refractivity contribution is 6.05. The number of fused-ring (bicyclic) bond motifs is 1. The third-order valence-electron chi connectivity index (χ3n) is 4.10. The van der Waals surface area contributed by atoms with Crippen molar-refractivity contribution in [1.29, 1.82) is 0 Å². The summed E-state index contributed by atoms with van der Waals surface area (Å²) in [6.07, 6.45) is 1.61. The smallest absolute Gasteiger partial charge is 0.340 e. The molecule has 0 spiro atoms. The summed E-state index contributed by atoms with van der Waals surface area (Å²) in [6, 6.07) is 13.7. The lowest BCUT2D eigenvalue weighted by Gasteiger charge is -2.08. The number of ether oxygens (including phenoxy) is 2. The zero-order chi connectivity index (χ0) is 19.4. The minimum absolute atomic E-state index is 0.0241. The Kier molecular flexibility index (Phi) is 5.21. The zero-order valence-electron chi connectivity index (χ0n) is 14.9. The van der Waals surface area contributed by atoms with Crippen LogP contribution in [0.4, 0.5) is 5.69 Å². The van der Waals surface area contributed by atoms with Gasteiger partial charge in [-0.15, -0.1) is 0 Å². The van der Waals surface area contributed by atoms with Gasteiger partial charge in [0.05, 0.1) is 25.3 Å². The molecule has 0 atom stereocenters. The maximum Gasteiger partial charge on any atom is 0.340 e. The van der Waals surface area contributed by atoms with E-state index in [1.54, 1.807) is 35.0 Å². The number of carbonyl (C=O) groups is 3. The predicted octanol–water partition coefficient (Wildman–Crippen LogP) is 2.85. The van der Waals surface area contributed by atoms with E-state index in [0.717, 1.165) is 10.9 Å². The molecular weight excluding hydrogens is 348 g/mol. The molecule has 0 radical (unpaired) electrons. The van der Waals surface area contributed by atoms with Gasteiger partial charge in [-0.1, -0.05) is 18.2 Å². The number of nitrogens with one attached hydrogen (secondary N) is 1. The monoisotopic (exact) mass is 366 g/mol. The summed E-state index contributed by atoms with van der Waals surface area (Å²) < 4.78 is 11.1. The standard InChI is InChI=1S/C20H18N2O5/c1-26-19(24)13-7-9-14(10-8-13)21-18(23)12-22-11-16(20(25)27-2)15-5-3-4-6-17(15)22/h3-11H,12H2,1-2H3,(H,21,23). The van der Waals surface area contributed by atoms with Crippen molar-refractivity contribution in [2.24, 2.45) is 0 Å². The number of rotatable bonds is 5. The molecule has 0 saturated heterocycles. The van der Waals surface area contributed by atoms with Gasteiger partial charge in [0, 0.05) is 22.8 Å². The normalized spacial score (nSPS) is 10.4. The van der Waals surface area contributed by atoms with Gasteiger partial charge < -0.3 is 19.4 Å². The Labute approximate surface area is 155 Å². The van der Waals surface area contributed by atoms with Crippen LogP contribution in [0.3, 0.4) is 0 Å². The van der Waals surface area contributed by atoms with Crippen LogP contribution in [0.2, 0.25) is 0 Å². The number of nitrogens with zero attached hydrogens (tertiary/aromatic N) is 1. The number of aromatic nitrogens is 1. The lowest BCUT2D eigenvalue weighted by molar-refractivity contribution is -0.116. The third-order valence-corrected chi connectivity index (χ3v) is 4.10. The van der Waals surface area contributed by atoms with Crippen LogP contribution < -0.4 is 5.32 Å². The Morgan fingerprint density at radius 3 is 2.26 bits per heavy atom. The molecule has 0 aliphatic heterocycles. The van der Waals surface area contributed by atoms with Crippen LogP contribution in [0.1, 0.15) is 20.7 Å². The zero-order valence-corrected chi connectivity index (χ0v) is 14.9. The number of esters is 2. The first kappa shape index (κ1) is 18.2. The van der Waals surface area contributed by atoms with E-state index in [0.29, 0.717) is 16.8 Å². The van der Waals surface area contributed by atoms with Crippen molar-refractivity contribution < 1.29 is 23.9 Å². The fraction of sp³-hybridized carbons (Fsp3) is 0.150. The fourth-order valence-corrected chi connectivity index (χ4v) is 2.81. The van der Waals surface area contributed by atoms with E-state index in [1.807, 2.05) is 24.3 Å². The highest BCUT2D eigenvalue weighted by Crippen LogP contribution is 2.22. The summed E-state index contributed by atoms with van der Waals surface area (Å²) in [4.78, 5) is 35.8. The number of benzene rings is 2. The largest absolute Gasteiger partial charge is 0.465 e. The van der Waals surface area contributed by atoms with Crippen molar-refractivity contribution in [2.75, 3.05) is 19.5 Å². The summed E-state index contributed by atoms with van der Waals surface area (Å²) in [7, 11) is 2.63. The second-order valence-electron chi connectivity index (χ2n) is 5.80. The number of hydrogen-bond donors (Lipinski definition) is 1. The van der Waals surface area contributed by atoms with Gasteiger partial charge in [0.1, 0.15) is 6.54 Å². The van der Waals surface area contributed by atoms with Crippen molar-refractivity contribution in [2.45, 2.75) is 6.54 Å². The molecule has 27 heavy (non-hydrogen) atoms. The van der Waals surface area contributed by atoms with Gasteiger partial charge in [-0.05, 0) is 30.3 Å². The molecule has 7 nitrogen and oxygen atoms in total. The van der Waals surface area contributed by atoms with Gasteiger partial charge in [0.25, 0.3) is 0 Å². The van der Waals surface area contributed by atoms with Crippen LogP contribution in [-0.4, -0.2) is 36.6 Å². The van der Waals surface area contributed by atoms with Gasteiger partial charge >= 0.3 is 11.9 Å². The average Bonchev–Trinajstić information content (AvgIpc) is 3.06. The second kappa shape index (κ2) is 7.74. The maximum atomic E-state index is 12.4. The minimum atomic E-state index is -0.455. The molecule has 0 unspecified atom stereocenters. The number of anilines is 1. The summed E-state index contributed by atoms with van der Waals surface area (Å²) in [6.45, 7) is 0.0241. The third kappa shape index (κ3) is 3.82. The predicted molar refractivity (Wildman–Crippen MR) is 99.7 cm³/mol. The van der Waals surface area contributed by atoms with Crippen LogP contribution in [0.15, 0.2) is 54.7 Å². The number of amides is 1. The van der Waals surface area contributed by atoms with E-state index < -0.39 is 11.9 Å². The number of para-hydroxylation sites is 1. The van der Waals surface area contributed by atoms with Crippen LogP contribution >= 0.6 is 0 Å². The van der Waals surface area contributed by atoms with Crippen LogP contribution in [-0.2, 0) is 20.8 Å². The lowest BCUT2D eigenvalue weighted by Crippen LogP contribution is -2.18. The molecule has 1 amide bonds. The Morgan fingerprint density at radius 2 is 1.59 bits per heavy atom. The molecule has 7 heteroatoms. The van der Waals surface area contributed by atoms with E-state index in [1.165, 1.54) is 14.2 Å². The van der Waals surface area contributed by atoms with E-state index in [2.05, 4.69) is 10.1 Å². The van der Waals surface area contributed by atoms with Crippen molar-refractivity contribution in [3.8, 4) is 0 Å². The van der Waals surface area contributed by atoms with E-state index in [-0.39, 0.29) is 12.5 Å². The fourth-order valence-electron chi connectivity index (χ4n) is 2.81.